The number of rotatable bonds is 5. The number of hydrogen-bond acceptors (Lipinski definition) is 5. The topological polar surface area (TPSA) is 62.7 Å². The highest BCUT2D eigenvalue weighted by Crippen LogP contribution is 2.24. The molecular weight excluding hydrogens is 322 g/mol. The molecule has 5 nitrogen and oxygen atoms in total. The highest BCUT2D eigenvalue weighted by atomic mass is 15.2. The molecule has 0 saturated carbocycles. The second kappa shape index (κ2) is 7.52. The van der Waals surface area contributed by atoms with Crippen LogP contribution in [0.4, 0.5) is 17.6 Å². The van der Waals surface area contributed by atoms with Gasteiger partial charge in [0.25, 0.3) is 0 Å². The minimum atomic E-state index is 0.555. The molecule has 1 heterocycles. The van der Waals surface area contributed by atoms with Crippen molar-refractivity contribution in [3.8, 4) is 0 Å². The van der Waals surface area contributed by atoms with Crippen molar-refractivity contribution in [3.63, 3.8) is 0 Å². The van der Waals surface area contributed by atoms with Crippen LogP contribution in [0, 0.1) is 34.6 Å². The summed E-state index contributed by atoms with van der Waals surface area (Å²) in [6.45, 7) is 10.9. The third-order valence-corrected chi connectivity index (χ3v) is 4.36. The molecule has 0 amide bonds. The summed E-state index contributed by atoms with van der Waals surface area (Å²) in [5, 5.41) is 6.66. The van der Waals surface area contributed by atoms with Gasteiger partial charge in [0.15, 0.2) is 0 Å². The van der Waals surface area contributed by atoms with Crippen LogP contribution in [0.5, 0.6) is 0 Å². The minimum absolute atomic E-state index is 0.555. The summed E-state index contributed by atoms with van der Waals surface area (Å²) in [4.78, 5) is 13.4. The number of benzene rings is 2. The zero-order valence-corrected chi connectivity index (χ0v) is 16.0. The SMILES string of the molecule is Cc1cc(C)c(Nc2nc(C)nc(NCc3ccccc3C)n2)c(C)c1. The first-order chi connectivity index (χ1) is 12.4. The molecule has 0 spiro atoms. The molecule has 0 atom stereocenters. The normalized spacial score (nSPS) is 10.7. The van der Waals surface area contributed by atoms with Gasteiger partial charge in [-0.05, 0) is 56.9 Å². The van der Waals surface area contributed by atoms with Crippen molar-refractivity contribution in [1.29, 1.82) is 0 Å². The van der Waals surface area contributed by atoms with E-state index in [1.54, 1.807) is 0 Å². The third-order valence-electron chi connectivity index (χ3n) is 4.36. The zero-order chi connectivity index (χ0) is 18.7. The fraction of sp³-hybridized carbons (Fsp3) is 0.286. The van der Waals surface area contributed by atoms with E-state index < -0.39 is 0 Å². The Hall–Kier alpha value is -2.95. The molecule has 0 aliphatic heterocycles. The molecule has 0 aliphatic carbocycles. The van der Waals surface area contributed by atoms with Crippen LogP contribution in [0.2, 0.25) is 0 Å². The molecule has 2 N–H and O–H groups in total. The van der Waals surface area contributed by atoms with Gasteiger partial charge >= 0.3 is 0 Å². The smallest absolute Gasteiger partial charge is 0.232 e. The van der Waals surface area contributed by atoms with Crippen LogP contribution in [0.3, 0.4) is 0 Å². The average molecular weight is 347 g/mol. The Morgan fingerprint density at radius 2 is 1.42 bits per heavy atom. The number of hydrogen-bond donors (Lipinski definition) is 2. The predicted molar refractivity (Wildman–Crippen MR) is 107 cm³/mol. The molecule has 0 radical (unpaired) electrons. The molecule has 3 rings (SSSR count). The number of aromatic nitrogens is 3. The Bertz CT molecular complexity index is 910. The van der Waals surface area contributed by atoms with E-state index in [2.05, 4.69) is 77.5 Å². The maximum atomic E-state index is 4.53. The summed E-state index contributed by atoms with van der Waals surface area (Å²) >= 11 is 0. The summed E-state index contributed by atoms with van der Waals surface area (Å²) in [6, 6.07) is 12.6. The van der Waals surface area contributed by atoms with Gasteiger partial charge in [-0.3, -0.25) is 0 Å². The molecule has 3 aromatic rings. The predicted octanol–water partition coefficient (Wildman–Crippen LogP) is 4.77. The minimum Gasteiger partial charge on any atom is -0.350 e. The van der Waals surface area contributed by atoms with E-state index in [1.807, 2.05) is 19.1 Å². The molecule has 5 heteroatoms. The maximum absolute atomic E-state index is 4.53. The van der Waals surface area contributed by atoms with Crippen molar-refractivity contribution in [3.05, 3.63) is 70.0 Å². The standard InChI is InChI=1S/C21H25N5/c1-13-10-15(3)19(16(4)11-13)25-21-24-17(5)23-20(26-21)22-12-18-9-7-6-8-14(18)2/h6-11H,12H2,1-5H3,(H2,22,23,24,25,26). The van der Waals surface area contributed by atoms with Crippen molar-refractivity contribution in [1.82, 2.24) is 15.0 Å². The summed E-state index contributed by atoms with van der Waals surface area (Å²) < 4.78 is 0. The van der Waals surface area contributed by atoms with Crippen LogP contribution in [0.15, 0.2) is 36.4 Å². The van der Waals surface area contributed by atoms with Gasteiger partial charge in [0.1, 0.15) is 5.82 Å². The molecule has 1 aromatic heterocycles. The first-order valence-corrected chi connectivity index (χ1v) is 8.78. The molecule has 0 saturated heterocycles. The Balaban J connectivity index is 1.81. The van der Waals surface area contributed by atoms with E-state index in [0.717, 1.165) is 5.69 Å². The number of aryl methyl sites for hydroxylation is 5. The van der Waals surface area contributed by atoms with Gasteiger partial charge in [-0.15, -0.1) is 0 Å². The van der Waals surface area contributed by atoms with Gasteiger partial charge in [0.05, 0.1) is 0 Å². The second-order valence-electron chi connectivity index (χ2n) is 6.71. The quantitative estimate of drug-likeness (QED) is 0.696. The maximum Gasteiger partial charge on any atom is 0.232 e. The lowest BCUT2D eigenvalue weighted by Gasteiger charge is -2.14. The van der Waals surface area contributed by atoms with Crippen molar-refractivity contribution in [2.24, 2.45) is 0 Å². The van der Waals surface area contributed by atoms with Gasteiger partial charge in [-0.2, -0.15) is 15.0 Å². The van der Waals surface area contributed by atoms with E-state index in [9.17, 15) is 0 Å². The number of nitrogens with one attached hydrogen (secondary N) is 2. The lowest BCUT2D eigenvalue weighted by atomic mass is 10.1. The van der Waals surface area contributed by atoms with Crippen LogP contribution in [-0.4, -0.2) is 15.0 Å². The van der Waals surface area contributed by atoms with E-state index in [0.29, 0.717) is 24.3 Å². The van der Waals surface area contributed by atoms with Crippen molar-refractivity contribution >= 4 is 17.6 Å². The molecular formula is C21H25N5. The van der Waals surface area contributed by atoms with Gasteiger partial charge in [0, 0.05) is 12.2 Å². The zero-order valence-electron chi connectivity index (χ0n) is 16.0. The van der Waals surface area contributed by atoms with Gasteiger partial charge < -0.3 is 10.6 Å². The molecule has 0 aliphatic rings. The fourth-order valence-electron chi connectivity index (χ4n) is 3.09. The Labute approximate surface area is 154 Å². The number of nitrogens with zero attached hydrogens (tertiary/aromatic N) is 3. The summed E-state index contributed by atoms with van der Waals surface area (Å²) in [7, 11) is 0. The largest absolute Gasteiger partial charge is 0.350 e. The Kier molecular flexibility index (Phi) is 5.16. The monoisotopic (exact) mass is 347 g/mol. The molecule has 0 fully saturated rings. The van der Waals surface area contributed by atoms with E-state index in [1.165, 1.54) is 27.8 Å². The van der Waals surface area contributed by atoms with Crippen LogP contribution >= 0.6 is 0 Å². The second-order valence-corrected chi connectivity index (χ2v) is 6.71. The van der Waals surface area contributed by atoms with Crippen molar-refractivity contribution < 1.29 is 0 Å². The molecule has 26 heavy (non-hydrogen) atoms. The number of anilines is 3. The average Bonchev–Trinajstić information content (AvgIpc) is 2.57. The lowest BCUT2D eigenvalue weighted by molar-refractivity contribution is 0.955. The first kappa shape index (κ1) is 17.9. The molecule has 2 aromatic carbocycles. The van der Waals surface area contributed by atoms with Crippen LogP contribution in [-0.2, 0) is 6.54 Å². The molecule has 0 unspecified atom stereocenters. The van der Waals surface area contributed by atoms with Gasteiger partial charge in [-0.1, -0.05) is 42.0 Å². The highest BCUT2D eigenvalue weighted by Gasteiger charge is 2.09. The van der Waals surface area contributed by atoms with E-state index in [4.69, 9.17) is 0 Å². The Morgan fingerprint density at radius 3 is 2.12 bits per heavy atom. The summed E-state index contributed by atoms with van der Waals surface area (Å²) in [6.07, 6.45) is 0. The Morgan fingerprint density at radius 1 is 0.769 bits per heavy atom. The van der Waals surface area contributed by atoms with E-state index >= 15 is 0 Å². The molecule has 0 bridgehead atoms. The summed E-state index contributed by atoms with van der Waals surface area (Å²) in [5.41, 5.74) is 7.12. The fourth-order valence-corrected chi connectivity index (χ4v) is 3.09. The van der Waals surface area contributed by atoms with Gasteiger partial charge in [-0.25, -0.2) is 0 Å². The highest BCUT2D eigenvalue weighted by molar-refractivity contribution is 5.64. The lowest BCUT2D eigenvalue weighted by Crippen LogP contribution is -2.09. The third kappa shape index (κ3) is 4.17. The van der Waals surface area contributed by atoms with Crippen LogP contribution in [0.1, 0.15) is 33.6 Å². The molecule has 134 valence electrons. The van der Waals surface area contributed by atoms with Crippen molar-refractivity contribution in [2.45, 2.75) is 41.2 Å². The van der Waals surface area contributed by atoms with E-state index in [-0.39, 0.29) is 0 Å². The first-order valence-electron chi connectivity index (χ1n) is 8.78. The van der Waals surface area contributed by atoms with Crippen LogP contribution < -0.4 is 10.6 Å². The van der Waals surface area contributed by atoms with Crippen molar-refractivity contribution in [2.75, 3.05) is 10.6 Å². The van der Waals surface area contributed by atoms with Gasteiger partial charge in [0.2, 0.25) is 11.9 Å². The van der Waals surface area contributed by atoms with Crippen LogP contribution in [0.25, 0.3) is 0 Å². The summed E-state index contributed by atoms with van der Waals surface area (Å²) in [5.74, 6) is 1.81.